The molecule has 0 aliphatic rings. The van der Waals surface area contributed by atoms with Gasteiger partial charge in [0.1, 0.15) is 7.85 Å². The van der Waals surface area contributed by atoms with Crippen molar-refractivity contribution in [3.05, 3.63) is 12.1 Å². The highest BCUT2D eigenvalue weighted by Crippen LogP contribution is 1.54. The lowest BCUT2D eigenvalue weighted by molar-refractivity contribution is 1.74. The normalized spacial score (nSPS) is 7.33. The fraction of sp³-hybridized carbons (Fsp3) is 0. The zero-order valence-corrected chi connectivity index (χ0v) is 3.31. The molecular weight excluding hydrogens is 72.9 g/mol. The second kappa shape index (κ2) is 4.16. The molecule has 6 heavy (non-hydrogen) atoms. The summed E-state index contributed by atoms with van der Waals surface area (Å²) < 4.78 is 0. The first-order chi connectivity index (χ1) is 2.91. The largest absolute Gasteiger partial charge is 0.359 e. The first-order valence-electron chi connectivity index (χ1n) is 1.49. The molecule has 0 spiro atoms. The van der Waals surface area contributed by atoms with E-state index in [2.05, 4.69) is 12.0 Å². The fourth-order valence-electron chi connectivity index (χ4n) is 0.0962. The van der Waals surface area contributed by atoms with E-state index in [9.17, 15) is 0 Å². The average molecular weight is 76.9 g/mol. The summed E-state index contributed by atoms with van der Waals surface area (Å²) in [5, 5.41) is 0. The first-order valence-corrected chi connectivity index (χ1v) is 1.49. The lowest BCUT2D eigenvalue weighted by Crippen LogP contribution is -1.73. The number of allylic oxidation sites excluding steroid dienone is 1. The molecule has 0 unspecified atom stereocenters. The molecule has 0 fully saturated rings. The van der Waals surface area contributed by atoms with Crippen LogP contribution in [0.25, 0.3) is 0 Å². The predicted octanol–water partition coefficient (Wildman–Crippen LogP) is -0.412. The summed E-state index contributed by atoms with van der Waals surface area (Å²) in [4.78, 5) is 0. The van der Waals surface area contributed by atoms with Gasteiger partial charge in [0.05, 0.1) is 0 Å². The Hall–Kier alpha value is -0.835. The van der Waals surface area contributed by atoms with Crippen LogP contribution in [0.2, 0.25) is 0 Å². The maximum Gasteiger partial charge on any atom is 0.103 e. The highest BCUT2D eigenvalue weighted by atomic mass is 14.4. The summed E-state index contributed by atoms with van der Waals surface area (Å²) in [5.41, 5.74) is 4.75. The standard InChI is InChI=1S/C4H4BN/c5-3-1-2-4-6/h1,3H,6H2. The van der Waals surface area contributed by atoms with Crippen LogP contribution >= 0.6 is 0 Å². The Morgan fingerprint density at radius 3 is 2.50 bits per heavy atom. The number of rotatable bonds is 0. The van der Waals surface area contributed by atoms with Crippen LogP contribution in [0.15, 0.2) is 12.1 Å². The second-order valence-corrected chi connectivity index (χ2v) is 0.648. The van der Waals surface area contributed by atoms with Gasteiger partial charge in [-0.15, -0.1) is 5.98 Å². The maximum atomic E-state index is 4.88. The van der Waals surface area contributed by atoms with Crippen LogP contribution in [0.1, 0.15) is 0 Å². The molecule has 2 heteroatoms. The van der Waals surface area contributed by atoms with Crippen molar-refractivity contribution in [3.63, 3.8) is 0 Å². The summed E-state index contributed by atoms with van der Waals surface area (Å²) in [7, 11) is 4.88. The van der Waals surface area contributed by atoms with E-state index in [4.69, 9.17) is 13.6 Å². The van der Waals surface area contributed by atoms with Crippen molar-refractivity contribution >= 4 is 7.85 Å². The Labute approximate surface area is 38.6 Å². The lowest BCUT2D eigenvalue weighted by Gasteiger charge is -1.56. The van der Waals surface area contributed by atoms with Gasteiger partial charge in [-0.25, -0.2) is 0 Å². The Bertz CT molecular complexity index is 95.9. The number of hydrogen-bond acceptors (Lipinski definition) is 1. The molecule has 2 radical (unpaired) electrons. The molecule has 0 saturated carbocycles. The van der Waals surface area contributed by atoms with E-state index >= 15 is 0 Å². The van der Waals surface area contributed by atoms with E-state index in [1.165, 1.54) is 12.1 Å². The lowest BCUT2D eigenvalue weighted by atomic mass is 10.1. The molecule has 0 aliphatic carbocycles. The van der Waals surface area contributed by atoms with Gasteiger partial charge in [-0.1, -0.05) is 5.92 Å². The summed E-state index contributed by atoms with van der Waals surface area (Å²) in [6.45, 7) is 0. The Morgan fingerprint density at radius 1 is 1.67 bits per heavy atom. The molecule has 0 aromatic heterocycles. The highest BCUT2D eigenvalue weighted by Gasteiger charge is 1.46. The van der Waals surface area contributed by atoms with Gasteiger partial charge in [0.25, 0.3) is 0 Å². The zero-order chi connectivity index (χ0) is 4.83. The SMILES string of the molecule is [B]C=CC#CN. The molecule has 0 bridgehead atoms. The van der Waals surface area contributed by atoms with E-state index in [-0.39, 0.29) is 0 Å². The molecule has 1 nitrogen and oxygen atoms in total. The van der Waals surface area contributed by atoms with E-state index in [0.717, 1.165) is 0 Å². The molecule has 0 saturated heterocycles. The van der Waals surface area contributed by atoms with Crippen LogP contribution in [-0.2, 0) is 0 Å². The minimum Gasteiger partial charge on any atom is -0.359 e. The third-order valence-corrected chi connectivity index (χ3v) is 0.263. The van der Waals surface area contributed by atoms with Crippen molar-refractivity contribution in [2.45, 2.75) is 0 Å². The minimum absolute atomic E-state index is 1.33. The van der Waals surface area contributed by atoms with E-state index in [1.54, 1.807) is 0 Å². The average Bonchev–Trinajstić information content (AvgIpc) is 1.61. The van der Waals surface area contributed by atoms with E-state index in [1.807, 2.05) is 0 Å². The molecule has 0 aliphatic heterocycles. The third kappa shape index (κ3) is 3.16. The van der Waals surface area contributed by atoms with Gasteiger partial charge < -0.3 is 5.73 Å². The summed E-state index contributed by atoms with van der Waals surface area (Å²) in [6.07, 6.45) is 1.47. The quantitative estimate of drug-likeness (QED) is 0.237. The topological polar surface area (TPSA) is 26.0 Å². The third-order valence-electron chi connectivity index (χ3n) is 0.263. The molecule has 0 heterocycles. The van der Waals surface area contributed by atoms with Gasteiger partial charge >= 0.3 is 0 Å². The molecule has 0 aromatic carbocycles. The molecule has 2 N–H and O–H groups in total. The summed E-state index contributed by atoms with van der Waals surface area (Å²) in [5.74, 6) is 3.75. The predicted molar refractivity (Wildman–Crippen MR) is 26.9 cm³/mol. The molecule has 28 valence electrons. The smallest absolute Gasteiger partial charge is 0.103 e. The van der Waals surface area contributed by atoms with Crippen molar-refractivity contribution in [2.24, 2.45) is 5.73 Å². The Kier molecular flexibility index (Phi) is 3.59. The van der Waals surface area contributed by atoms with Crippen molar-refractivity contribution in [1.82, 2.24) is 0 Å². The fourth-order valence-corrected chi connectivity index (χ4v) is 0.0962. The molecule has 0 aromatic rings. The van der Waals surface area contributed by atoms with Crippen LogP contribution in [0.3, 0.4) is 0 Å². The Morgan fingerprint density at radius 2 is 2.33 bits per heavy atom. The van der Waals surface area contributed by atoms with Gasteiger partial charge in [0.2, 0.25) is 0 Å². The van der Waals surface area contributed by atoms with Crippen LogP contribution in [-0.4, -0.2) is 7.85 Å². The first kappa shape index (κ1) is 5.16. The van der Waals surface area contributed by atoms with Crippen LogP contribution in [0.4, 0.5) is 0 Å². The van der Waals surface area contributed by atoms with Crippen LogP contribution < -0.4 is 5.73 Å². The Balaban J connectivity index is 3.24. The molecule has 0 atom stereocenters. The second-order valence-electron chi connectivity index (χ2n) is 0.648. The van der Waals surface area contributed by atoms with Crippen molar-refractivity contribution < 1.29 is 0 Å². The molecular formula is C4H4BN. The molecule has 0 rings (SSSR count). The summed E-state index contributed by atoms with van der Waals surface area (Å²) >= 11 is 0. The van der Waals surface area contributed by atoms with Crippen molar-refractivity contribution in [1.29, 1.82) is 0 Å². The number of hydrogen-bond donors (Lipinski definition) is 1. The highest BCUT2D eigenvalue weighted by molar-refractivity contribution is 6.17. The summed E-state index contributed by atoms with van der Waals surface area (Å²) in [6, 6.07) is 2.15. The van der Waals surface area contributed by atoms with Gasteiger partial charge in [-0.2, -0.15) is 0 Å². The molecule has 0 amide bonds. The minimum atomic E-state index is 1.33. The monoisotopic (exact) mass is 77.0 g/mol. The van der Waals surface area contributed by atoms with Crippen molar-refractivity contribution in [2.75, 3.05) is 0 Å². The van der Waals surface area contributed by atoms with Gasteiger partial charge in [-0.05, 0) is 6.08 Å². The zero-order valence-electron chi connectivity index (χ0n) is 3.31. The van der Waals surface area contributed by atoms with Gasteiger partial charge in [-0.3, -0.25) is 0 Å². The van der Waals surface area contributed by atoms with Crippen LogP contribution in [0, 0.1) is 12.0 Å². The van der Waals surface area contributed by atoms with Crippen LogP contribution in [0.5, 0.6) is 0 Å². The van der Waals surface area contributed by atoms with E-state index < -0.39 is 0 Å². The maximum absolute atomic E-state index is 4.88. The van der Waals surface area contributed by atoms with Gasteiger partial charge in [0.15, 0.2) is 0 Å². The van der Waals surface area contributed by atoms with Gasteiger partial charge in [0, 0.05) is 6.04 Å². The van der Waals surface area contributed by atoms with Crippen molar-refractivity contribution in [3.8, 4) is 12.0 Å². The number of nitrogens with two attached hydrogens (primary N) is 1. The van der Waals surface area contributed by atoms with E-state index in [0.29, 0.717) is 0 Å².